The highest BCUT2D eigenvalue weighted by Gasteiger charge is 2.62. The molecule has 0 unspecified atom stereocenters. The van der Waals surface area contributed by atoms with E-state index < -0.39 is 29.0 Å². The molecule has 0 radical (unpaired) electrons. The van der Waals surface area contributed by atoms with E-state index in [4.69, 9.17) is 20.7 Å². The van der Waals surface area contributed by atoms with Gasteiger partial charge in [-0.05, 0) is 54.8 Å². The van der Waals surface area contributed by atoms with Crippen LogP contribution in [0, 0.1) is 17.2 Å². The maximum atomic E-state index is 14.9. The van der Waals surface area contributed by atoms with Crippen LogP contribution in [-0.2, 0) is 22.6 Å². The minimum atomic E-state index is -1.14. The van der Waals surface area contributed by atoms with Crippen molar-refractivity contribution in [2.24, 2.45) is 17.1 Å². The zero-order valence-corrected chi connectivity index (χ0v) is 19.1. The van der Waals surface area contributed by atoms with Crippen LogP contribution >= 0.6 is 0 Å². The maximum Gasteiger partial charge on any atom is 0.247 e. The highest BCUT2D eigenvalue weighted by atomic mass is 19.1. The summed E-state index contributed by atoms with van der Waals surface area (Å²) >= 11 is 0. The van der Waals surface area contributed by atoms with Crippen molar-refractivity contribution in [2.45, 2.75) is 19.4 Å². The molecule has 2 aromatic carbocycles. The second-order valence-corrected chi connectivity index (χ2v) is 8.88. The zero-order valence-electron chi connectivity index (χ0n) is 19.1. The summed E-state index contributed by atoms with van der Waals surface area (Å²) in [5.41, 5.74) is 9.44. The number of nitrogens with one attached hydrogen (secondary N) is 1. The molecule has 9 heteroatoms. The lowest BCUT2D eigenvalue weighted by atomic mass is 9.92. The lowest BCUT2D eigenvalue weighted by Gasteiger charge is -2.15. The molecule has 2 amide bonds. The van der Waals surface area contributed by atoms with Crippen molar-refractivity contribution in [3.05, 3.63) is 89.9 Å². The molecule has 182 valence electrons. The fourth-order valence-electron chi connectivity index (χ4n) is 4.59. The number of hydrogen-bond acceptors (Lipinski definition) is 6. The molecule has 0 bridgehead atoms. The Morgan fingerprint density at radius 2 is 1.92 bits per heavy atom. The number of hydroxylamine groups is 1. The number of ether oxygens (including phenoxy) is 1. The number of hydrogen-bond donors (Lipinski definition) is 3. The monoisotopic (exact) mass is 486 g/mol. The standard InChI is InChI=1S/C27H23FN4O4/c28-20-11-16(13-27(26(29)34)14-19(27)25(33)32-35)8-9-24(20)36-15-17-12-23(22-7-3-4-10-30-22)31-21-6-2-1-5-18(17)21/h1-12,19,35H,13-15H2,(H2,29,34)(H,32,33)/t19-,27+/m1/s1. The summed E-state index contributed by atoms with van der Waals surface area (Å²) in [6, 6.07) is 19.5. The highest BCUT2D eigenvalue weighted by Crippen LogP contribution is 2.54. The number of primary amides is 1. The molecule has 2 atom stereocenters. The minimum absolute atomic E-state index is 0.0487. The van der Waals surface area contributed by atoms with Crippen LogP contribution in [0.5, 0.6) is 5.75 Å². The number of aromatic nitrogens is 2. The predicted molar refractivity (Wildman–Crippen MR) is 129 cm³/mol. The minimum Gasteiger partial charge on any atom is -0.486 e. The second kappa shape index (κ2) is 9.35. The average molecular weight is 487 g/mol. The molecular formula is C27H23FN4O4. The van der Waals surface area contributed by atoms with Gasteiger partial charge in [0.2, 0.25) is 11.8 Å². The number of rotatable bonds is 8. The number of amides is 2. The molecule has 36 heavy (non-hydrogen) atoms. The summed E-state index contributed by atoms with van der Waals surface area (Å²) in [4.78, 5) is 32.8. The van der Waals surface area contributed by atoms with Gasteiger partial charge in [-0.3, -0.25) is 19.8 Å². The van der Waals surface area contributed by atoms with E-state index in [0.29, 0.717) is 11.3 Å². The molecule has 1 fully saturated rings. The van der Waals surface area contributed by atoms with E-state index in [1.54, 1.807) is 17.7 Å². The first-order valence-corrected chi connectivity index (χ1v) is 11.4. The van der Waals surface area contributed by atoms with Gasteiger partial charge in [-0.25, -0.2) is 14.9 Å². The van der Waals surface area contributed by atoms with Crippen LogP contribution < -0.4 is 16.0 Å². The Hall–Kier alpha value is -4.37. The average Bonchev–Trinajstić information content (AvgIpc) is 3.63. The van der Waals surface area contributed by atoms with E-state index in [2.05, 4.69) is 4.98 Å². The number of nitrogens with zero attached hydrogens (tertiary/aromatic N) is 2. The van der Waals surface area contributed by atoms with Gasteiger partial charge in [0.05, 0.1) is 28.2 Å². The van der Waals surface area contributed by atoms with Crippen molar-refractivity contribution in [2.75, 3.05) is 0 Å². The molecule has 1 aliphatic carbocycles. The smallest absolute Gasteiger partial charge is 0.247 e. The highest BCUT2D eigenvalue weighted by molar-refractivity contribution is 5.95. The Bertz CT molecular complexity index is 1460. The van der Waals surface area contributed by atoms with Crippen LogP contribution in [0.25, 0.3) is 22.3 Å². The largest absolute Gasteiger partial charge is 0.486 e. The number of pyridine rings is 2. The summed E-state index contributed by atoms with van der Waals surface area (Å²) in [6.45, 7) is 0.100. The summed E-state index contributed by atoms with van der Waals surface area (Å²) in [5.74, 6) is -2.63. The van der Waals surface area contributed by atoms with Gasteiger partial charge in [0, 0.05) is 17.1 Å². The van der Waals surface area contributed by atoms with E-state index in [-0.39, 0.29) is 25.2 Å². The van der Waals surface area contributed by atoms with Gasteiger partial charge in [-0.1, -0.05) is 30.3 Å². The number of nitrogens with two attached hydrogens (primary N) is 1. The first kappa shape index (κ1) is 23.4. The predicted octanol–water partition coefficient (Wildman–Crippen LogP) is 3.55. The van der Waals surface area contributed by atoms with Gasteiger partial charge in [-0.15, -0.1) is 0 Å². The molecule has 4 N–H and O–H groups in total. The van der Waals surface area contributed by atoms with Crippen LogP contribution in [0.15, 0.2) is 72.9 Å². The van der Waals surface area contributed by atoms with Gasteiger partial charge < -0.3 is 10.5 Å². The molecule has 4 aromatic rings. The Labute approximate surface area is 205 Å². The summed E-state index contributed by atoms with van der Waals surface area (Å²) in [7, 11) is 0. The van der Waals surface area contributed by atoms with Gasteiger partial charge in [0.15, 0.2) is 11.6 Å². The number of halogens is 1. The molecule has 1 aliphatic rings. The zero-order chi connectivity index (χ0) is 25.3. The van der Waals surface area contributed by atoms with E-state index in [0.717, 1.165) is 22.2 Å². The summed E-state index contributed by atoms with van der Waals surface area (Å²) in [5, 5.41) is 9.76. The third-order valence-corrected chi connectivity index (χ3v) is 6.62. The molecular weight excluding hydrogens is 463 g/mol. The molecule has 0 saturated heterocycles. The lowest BCUT2D eigenvalue weighted by Crippen LogP contribution is -2.33. The number of fused-ring (bicyclic) bond motifs is 1. The van der Waals surface area contributed by atoms with E-state index in [1.165, 1.54) is 12.1 Å². The molecule has 8 nitrogen and oxygen atoms in total. The van der Waals surface area contributed by atoms with E-state index in [1.807, 2.05) is 48.5 Å². The molecule has 0 spiro atoms. The number of para-hydroxylation sites is 1. The van der Waals surface area contributed by atoms with E-state index >= 15 is 0 Å². The van der Waals surface area contributed by atoms with Crippen molar-refractivity contribution in [3.63, 3.8) is 0 Å². The number of benzene rings is 2. The summed E-state index contributed by atoms with van der Waals surface area (Å²) in [6.07, 6.45) is 1.98. The van der Waals surface area contributed by atoms with Crippen LogP contribution in [0.1, 0.15) is 17.5 Å². The van der Waals surface area contributed by atoms with Gasteiger partial charge in [0.25, 0.3) is 0 Å². The Morgan fingerprint density at radius 3 is 2.64 bits per heavy atom. The summed E-state index contributed by atoms with van der Waals surface area (Å²) < 4.78 is 20.8. The van der Waals surface area contributed by atoms with Crippen molar-refractivity contribution in [1.29, 1.82) is 0 Å². The van der Waals surface area contributed by atoms with Crippen molar-refractivity contribution < 1.29 is 23.9 Å². The first-order chi connectivity index (χ1) is 17.4. The number of carbonyl (C=O) groups excluding carboxylic acids is 2. The SMILES string of the molecule is NC(=O)[C@@]1(Cc2ccc(OCc3cc(-c4ccccn4)nc4ccccc34)c(F)c2)C[C@@H]1C(=O)NO. The second-order valence-electron chi connectivity index (χ2n) is 8.88. The van der Waals surface area contributed by atoms with Crippen LogP contribution in [0.3, 0.4) is 0 Å². The van der Waals surface area contributed by atoms with Gasteiger partial charge in [0.1, 0.15) is 6.61 Å². The Balaban J connectivity index is 1.37. The molecule has 1 saturated carbocycles. The van der Waals surface area contributed by atoms with Gasteiger partial charge >= 0.3 is 0 Å². The molecule has 2 aromatic heterocycles. The normalized spacial score (nSPS) is 18.6. The maximum absolute atomic E-state index is 14.9. The molecule has 5 rings (SSSR count). The Morgan fingerprint density at radius 1 is 1.11 bits per heavy atom. The van der Waals surface area contributed by atoms with Crippen molar-refractivity contribution in [1.82, 2.24) is 15.4 Å². The van der Waals surface area contributed by atoms with Crippen molar-refractivity contribution in [3.8, 4) is 17.1 Å². The fourth-order valence-corrected chi connectivity index (χ4v) is 4.59. The molecule has 2 heterocycles. The fraction of sp³-hybridized carbons (Fsp3) is 0.185. The Kier molecular flexibility index (Phi) is 6.07. The van der Waals surface area contributed by atoms with E-state index in [9.17, 15) is 14.0 Å². The van der Waals surface area contributed by atoms with Gasteiger partial charge in [-0.2, -0.15) is 0 Å². The topological polar surface area (TPSA) is 127 Å². The van der Waals surface area contributed by atoms with Crippen LogP contribution in [-0.4, -0.2) is 27.0 Å². The van der Waals surface area contributed by atoms with Crippen molar-refractivity contribution >= 4 is 22.7 Å². The third-order valence-electron chi connectivity index (χ3n) is 6.62. The lowest BCUT2D eigenvalue weighted by molar-refractivity contribution is -0.134. The quantitative estimate of drug-likeness (QED) is 0.258. The third kappa shape index (κ3) is 4.36. The molecule has 0 aliphatic heterocycles. The van der Waals surface area contributed by atoms with Crippen LogP contribution in [0.4, 0.5) is 4.39 Å². The first-order valence-electron chi connectivity index (χ1n) is 11.4. The number of carbonyl (C=O) groups is 2. The van der Waals surface area contributed by atoms with Crippen LogP contribution in [0.2, 0.25) is 0 Å².